The van der Waals surface area contributed by atoms with Crippen molar-refractivity contribution in [1.29, 1.82) is 0 Å². The van der Waals surface area contributed by atoms with Gasteiger partial charge in [0.05, 0.1) is 25.5 Å². The van der Waals surface area contributed by atoms with Crippen molar-refractivity contribution in [2.24, 2.45) is 0 Å². The predicted molar refractivity (Wildman–Crippen MR) is 108 cm³/mol. The van der Waals surface area contributed by atoms with E-state index in [1.807, 2.05) is 37.4 Å². The van der Waals surface area contributed by atoms with Crippen LogP contribution in [0.1, 0.15) is 23.1 Å². The molecule has 0 bridgehead atoms. The highest BCUT2D eigenvalue weighted by Gasteiger charge is 2.36. The molecule has 29 heavy (non-hydrogen) atoms. The number of aryl methyl sites for hydroxylation is 1. The van der Waals surface area contributed by atoms with Crippen LogP contribution in [-0.2, 0) is 15.1 Å². The number of ether oxygens (including phenoxy) is 1. The van der Waals surface area contributed by atoms with Crippen LogP contribution in [0.2, 0.25) is 0 Å². The highest BCUT2D eigenvalue weighted by atomic mass is 32.1. The molecule has 0 radical (unpaired) electrons. The Labute approximate surface area is 171 Å². The molecule has 2 N–H and O–H groups in total. The Morgan fingerprint density at radius 2 is 2.07 bits per heavy atom. The lowest BCUT2D eigenvalue weighted by Crippen LogP contribution is -2.49. The van der Waals surface area contributed by atoms with Crippen molar-refractivity contribution < 1.29 is 14.3 Å². The molecule has 1 aliphatic rings. The van der Waals surface area contributed by atoms with Gasteiger partial charge < -0.3 is 15.4 Å². The third kappa shape index (κ3) is 4.17. The first-order valence-electron chi connectivity index (χ1n) is 9.04. The molecule has 4 rings (SSSR count). The topological polar surface area (TPSA) is 111 Å². The molecular weight excluding hydrogens is 392 g/mol. The van der Waals surface area contributed by atoms with E-state index in [4.69, 9.17) is 4.74 Å². The molecule has 1 fully saturated rings. The molecule has 3 aromatic rings. The van der Waals surface area contributed by atoms with Crippen molar-refractivity contribution in [3.63, 3.8) is 0 Å². The van der Waals surface area contributed by atoms with Crippen LogP contribution in [0, 0.1) is 6.92 Å². The summed E-state index contributed by atoms with van der Waals surface area (Å²) in [6, 6.07) is 7.30. The Morgan fingerprint density at radius 3 is 2.79 bits per heavy atom. The number of anilines is 1. The number of rotatable bonds is 6. The molecule has 0 aliphatic carbocycles. The maximum Gasteiger partial charge on any atom is 0.272 e. The largest absolute Gasteiger partial charge is 0.376 e. The van der Waals surface area contributed by atoms with Gasteiger partial charge in [-0.3, -0.25) is 19.3 Å². The third-order valence-corrected chi connectivity index (χ3v) is 5.27. The summed E-state index contributed by atoms with van der Waals surface area (Å²) in [7, 11) is 0. The number of amides is 2. The maximum atomic E-state index is 12.2. The van der Waals surface area contributed by atoms with Crippen molar-refractivity contribution in [1.82, 2.24) is 25.1 Å². The van der Waals surface area contributed by atoms with E-state index in [-0.39, 0.29) is 23.7 Å². The molecule has 0 spiro atoms. The lowest BCUT2D eigenvalue weighted by atomic mass is 10.0. The second-order valence-corrected chi connectivity index (χ2v) is 7.93. The lowest BCUT2D eigenvalue weighted by Gasteiger charge is -2.38. The fraction of sp³-hybridized carbons (Fsp3) is 0.316. The number of thiazole rings is 1. The van der Waals surface area contributed by atoms with Crippen molar-refractivity contribution >= 4 is 28.3 Å². The van der Waals surface area contributed by atoms with E-state index in [2.05, 4.69) is 25.7 Å². The van der Waals surface area contributed by atoms with Gasteiger partial charge in [0.2, 0.25) is 5.91 Å². The van der Waals surface area contributed by atoms with Gasteiger partial charge in [-0.05, 0) is 32.0 Å². The Hall–Kier alpha value is -3.11. The van der Waals surface area contributed by atoms with Crippen LogP contribution in [0.4, 0.5) is 5.13 Å². The molecule has 10 heteroatoms. The van der Waals surface area contributed by atoms with E-state index in [1.54, 1.807) is 16.9 Å². The van der Waals surface area contributed by atoms with Gasteiger partial charge in [0, 0.05) is 17.3 Å². The Kier molecular flexibility index (Phi) is 5.12. The van der Waals surface area contributed by atoms with Crippen LogP contribution in [0.25, 0.3) is 11.4 Å². The quantitative estimate of drug-likeness (QED) is 0.639. The zero-order chi connectivity index (χ0) is 20.4. The molecule has 150 valence electrons. The molecule has 3 aromatic heterocycles. The first kappa shape index (κ1) is 19.2. The Bertz CT molecular complexity index is 1060. The van der Waals surface area contributed by atoms with Gasteiger partial charge in [-0.15, -0.1) is 11.3 Å². The molecule has 0 saturated carbocycles. The minimum atomic E-state index is -0.411. The summed E-state index contributed by atoms with van der Waals surface area (Å²) in [6.07, 6.45) is 1.74. The summed E-state index contributed by atoms with van der Waals surface area (Å²) in [5.74, 6) is -0.776. The Balaban J connectivity index is 1.31. The number of aromatic nitrogens is 4. The zero-order valence-electron chi connectivity index (χ0n) is 16.0. The van der Waals surface area contributed by atoms with Crippen LogP contribution in [0.15, 0.2) is 35.8 Å². The van der Waals surface area contributed by atoms with Gasteiger partial charge in [0.25, 0.3) is 5.91 Å². The number of hydrogen-bond acceptors (Lipinski definition) is 7. The summed E-state index contributed by atoms with van der Waals surface area (Å²) in [4.78, 5) is 33.2. The molecule has 4 heterocycles. The van der Waals surface area contributed by atoms with Crippen LogP contribution in [0.5, 0.6) is 0 Å². The number of carbonyl (C=O) groups excluding carboxylic acids is 2. The molecule has 1 aliphatic heterocycles. The van der Waals surface area contributed by atoms with Gasteiger partial charge in [-0.25, -0.2) is 4.98 Å². The van der Waals surface area contributed by atoms with E-state index in [0.29, 0.717) is 24.0 Å². The van der Waals surface area contributed by atoms with Crippen molar-refractivity contribution in [3.8, 4) is 11.4 Å². The Morgan fingerprint density at radius 1 is 1.24 bits per heavy atom. The average Bonchev–Trinajstić information content (AvgIpc) is 3.34. The summed E-state index contributed by atoms with van der Waals surface area (Å²) >= 11 is 1.30. The van der Waals surface area contributed by atoms with Crippen LogP contribution < -0.4 is 10.6 Å². The fourth-order valence-electron chi connectivity index (χ4n) is 2.82. The van der Waals surface area contributed by atoms with Gasteiger partial charge in [0.1, 0.15) is 16.9 Å². The second kappa shape index (κ2) is 7.72. The summed E-state index contributed by atoms with van der Waals surface area (Å²) in [5, 5.41) is 11.8. The van der Waals surface area contributed by atoms with E-state index >= 15 is 0 Å². The molecule has 1 saturated heterocycles. The summed E-state index contributed by atoms with van der Waals surface area (Å²) in [6.45, 7) is 4.86. The molecule has 9 nitrogen and oxygen atoms in total. The number of carbonyl (C=O) groups is 2. The smallest absolute Gasteiger partial charge is 0.272 e. The first-order chi connectivity index (χ1) is 13.9. The van der Waals surface area contributed by atoms with Crippen LogP contribution in [0.3, 0.4) is 0 Å². The maximum absolute atomic E-state index is 12.2. The highest BCUT2D eigenvalue weighted by Crippen LogP contribution is 2.25. The minimum absolute atomic E-state index is 0.177. The monoisotopic (exact) mass is 412 g/mol. The van der Waals surface area contributed by atoms with E-state index in [0.717, 1.165) is 11.4 Å². The number of pyridine rings is 1. The molecule has 2 amide bonds. The van der Waals surface area contributed by atoms with Gasteiger partial charge >= 0.3 is 0 Å². The molecule has 0 aromatic carbocycles. The van der Waals surface area contributed by atoms with Gasteiger partial charge in [0.15, 0.2) is 5.13 Å². The van der Waals surface area contributed by atoms with Gasteiger partial charge in [-0.2, -0.15) is 5.10 Å². The summed E-state index contributed by atoms with van der Waals surface area (Å²) in [5.41, 5.74) is 2.37. The summed E-state index contributed by atoms with van der Waals surface area (Å²) < 4.78 is 6.93. The van der Waals surface area contributed by atoms with E-state index in [9.17, 15) is 9.59 Å². The van der Waals surface area contributed by atoms with E-state index in [1.165, 1.54) is 11.3 Å². The molecule has 0 atom stereocenters. The highest BCUT2D eigenvalue weighted by molar-refractivity contribution is 7.14. The number of hydrogen-bond donors (Lipinski definition) is 2. The minimum Gasteiger partial charge on any atom is -0.376 e. The molecule has 0 unspecified atom stereocenters. The van der Waals surface area contributed by atoms with Crippen molar-refractivity contribution in [2.45, 2.75) is 19.4 Å². The fourth-order valence-corrected chi connectivity index (χ4v) is 3.55. The van der Waals surface area contributed by atoms with Crippen LogP contribution >= 0.6 is 11.3 Å². The zero-order valence-corrected chi connectivity index (χ0v) is 16.8. The number of nitrogens with one attached hydrogen (secondary N) is 2. The van der Waals surface area contributed by atoms with Crippen molar-refractivity contribution in [3.05, 3.63) is 47.2 Å². The van der Waals surface area contributed by atoms with Crippen LogP contribution in [-0.4, -0.2) is 51.3 Å². The SMILES string of the molecule is Cc1cccc(-c2csc(NC(=O)CNC(=O)c3ccn(C4(C)COC4)n3)n2)n1. The lowest BCUT2D eigenvalue weighted by molar-refractivity contribution is -0.115. The first-order valence-corrected chi connectivity index (χ1v) is 9.92. The normalized spacial score (nSPS) is 14.8. The van der Waals surface area contributed by atoms with E-state index < -0.39 is 5.91 Å². The van der Waals surface area contributed by atoms with Crippen molar-refractivity contribution in [2.75, 3.05) is 25.1 Å². The number of nitrogens with zero attached hydrogens (tertiary/aromatic N) is 4. The second-order valence-electron chi connectivity index (χ2n) is 7.07. The average molecular weight is 412 g/mol. The molecular formula is C19H20N6O3S. The van der Waals surface area contributed by atoms with Gasteiger partial charge in [-0.1, -0.05) is 6.07 Å². The third-order valence-electron chi connectivity index (χ3n) is 4.51. The standard InChI is InChI=1S/C19H20N6O3S/c1-12-4-3-5-13(21-12)15-9-29-18(22-15)23-16(26)8-20-17(27)14-6-7-25(24-14)19(2)10-28-11-19/h3-7,9H,8,10-11H2,1-2H3,(H,20,27)(H,22,23,26). The predicted octanol–water partition coefficient (Wildman–Crippen LogP) is 1.82.